The summed E-state index contributed by atoms with van der Waals surface area (Å²) in [5, 5.41) is 2.75. The molecule has 7 heteroatoms. The molecule has 1 saturated heterocycles. The Hall–Kier alpha value is -3.16. The molecule has 2 N–H and O–H groups in total. The van der Waals surface area contributed by atoms with Crippen molar-refractivity contribution in [3.05, 3.63) is 74.5 Å². The summed E-state index contributed by atoms with van der Waals surface area (Å²) in [6.45, 7) is 6.56. The zero-order chi connectivity index (χ0) is 23.1. The van der Waals surface area contributed by atoms with Gasteiger partial charge in [-0.1, -0.05) is 24.6 Å². The van der Waals surface area contributed by atoms with Crippen LogP contribution in [0.15, 0.2) is 40.8 Å². The van der Waals surface area contributed by atoms with Crippen molar-refractivity contribution in [1.29, 1.82) is 0 Å². The Morgan fingerprint density at radius 3 is 2.72 bits per heavy atom. The van der Waals surface area contributed by atoms with Gasteiger partial charge in [-0.25, -0.2) is 4.98 Å². The van der Waals surface area contributed by atoms with E-state index in [-0.39, 0.29) is 5.56 Å². The molecule has 7 nitrogen and oxygen atoms in total. The highest BCUT2D eigenvalue weighted by molar-refractivity contribution is 5.75. The highest BCUT2D eigenvalue weighted by atomic mass is 16.1. The lowest BCUT2D eigenvalue weighted by Crippen LogP contribution is -2.19. The number of pyridine rings is 3. The molecule has 4 rings (SSSR count). The van der Waals surface area contributed by atoms with Crippen LogP contribution in [0, 0.1) is 6.92 Å². The number of nitrogens with zero attached hydrogens (tertiary/aromatic N) is 3. The second kappa shape index (κ2) is 10.9. The fourth-order valence-electron chi connectivity index (χ4n) is 3.80. The lowest BCUT2D eigenvalue weighted by molar-refractivity contribution is 0.111. The number of rotatable bonds is 5. The van der Waals surface area contributed by atoms with E-state index in [1.165, 1.54) is 5.57 Å². The Morgan fingerprint density at radius 1 is 1.25 bits per heavy atom. The van der Waals surface area contributed by atoms with Gasteiger partial charge in [0.25, 0.3) is 5.56 Å². The van der Waals surface area contributed by atoms with Crippen LogP contribution < -0.4 is 10.9 Å². The largest absolute Gasteiger partial charge is 0.323 e. The number of carbonyl (C=O) groups is 1. The number of likely N-dealkylation sites (tertiary alicyclic amines) is 1. The number of aromatic nitrogens is 3. The van der Waals surface area contributed by atoms with Gasteiger partial charge in [-0.05, 0) is 63.2 Å². The number of hydrogen-bond acceptors (Lipinski definition) is 6. The standard InChI is InChI=1S/C23H24N4O2.C2H7N/c1-3-18-10-21-22(26-23(18)29)9-17(11-24-21)13-27-7-6-16(12-27)8-19-4-5-20(14-28)25-15(19)2;1-3-2/h4-5,8-11,14H,3,6-7,12-13H2,1-2H3,(H,26,29);3H,1-2H3/b16-8+;. The highest BCUT2D eigenvalue weighted by Gasteiger charge is 2.17. The van der Waals surface area contributed by atoms with E-state index < -0.39 is 0 Å². The maximum absolute atomic E-state index is 12.1. The average molecular weight is 434 g/mol. The van der Waals surface area contributed by atoms with Crippen molar-refractivity contribution in [1.82, 2.24) is 25.2 Å². The van der Waals surface area contributed by atoms with Crippen molar-refractivity contribution in [3.63, 3.8) is 0 Å². The summed E-state index contributed by atoms with van der Waals surface area (Å²) in [5.74, 6) is 0. The Bertz CT molecular complexity index is 1180. The second-order valence-electron chi connectivity index (χ2n) is 8.05. The Labute approximate surface area is 188 Å². The van der Waals surface area contributed by atoms with Gasteiger partial charge in [0.1, 0.15) is 5.69 Å². The minimum Gasteiger partial charge on any atom is -0.323 e. The molecular formula is C25H31N5O2. The van der Waals surface area contributed by atoms with Crippen LogP contribution in [0.5, 0.6) is 0 Å². The van der Waals surface area contributed by atoms with Gasteiger partial charge in [-0.15, -0.1) is 0 Å². The van der Waals surface area contributed by atoms with Crippen molar-refractivity contribution in [2.24, 2.45) is 0 Å². The summed E-state index contributed by atoms with van der Waals surface area (Å²) in [4.78, 5) is 37.1. The van der Waals surface area contributed by atoms with Crippen LogP contribution in [0.3, 0.4) is 0 Å². The summed E-state index contributed by atoms with van der Waals surface area (Å²) < 4.78 is 0. The molecule has 0 atom stereocenters. The molecule has 0 aliphatic carbocycles. The molecule has 3 aromatic rings. The number of aldehydes is 1. The van der Waals surface area contributed by atoms with E-state index in [1.54, 1.807) is 6.07 Å². The number of H-pyrrole nitrogens is 1. The number of aryl methyl sites for hydroxylation is 2. The molecule has 4 heterocycles. The minimum absolute atomic E-state index is 0.0325. The average Bonchev–Trinajstić information content (AvgIpc) is 3.22. The summed E-state index contributed by atoms with van der Waals surface area (Å²) in [7, 11) is 3.75. The van der Waals surface area contributed by atoms with Crippen molar-refractivity contribution < 1.29 is 4.79 Å². The smallest absolute Gasteiger partial charge is 0.251 e. The van der Waals surface area contributed by atoms with E-state index in [2.05, 4.69) is 31.2 Å². The van der Waals surface area contributed by atoms with Gasteiger partial charge in [0.05, 0.1) is 11.0 Å². The summed E-state index contributed by atoms with van der Waals surface area (Å²) in [5.41, 5.74) is 7.18. The predicted molar refractivity (Wildman–Crippen MR) is 129 cm³/mol. The number of carbonyl (C=O) groups excluding carboxylic acids is 1. The van der Waals surface area contributed by atoms with E-state index >= 15 is 0 Å². The molecular weight excluding hydrogens is 402 g/mol. The highest BCUT2D eigenvalue weighted by Crippen LogP contribution is 2.22. The van der Waals surface area contributed by atoms with Gasteiger partial charge >= 0.3 is 0 Å². The molecule has 1 aliphatic heterocycles. The van der Waals surface area contributed by atoms with Crippen molar-refractivity contribution in [2.45, 2.75) is 33.2 Å². The third-order valence-electron chi connectivity index (χ3n) is 5.42. The molecule has 0 saturated carbocycles. The first-order valence-electron chi connectivity index (χ1n) is 10.9. The number of fused-ring (bicyclic) bond motifs is 1. The SMILES string of the molecule is CCc1cc2ncc(CN3CC/C(=C\c4ccc(C=O)nc4C)C3)cc2[nH]c1=O.CNC. The first-order valence-corrected chi connectivity index (χ1v) is 10.9. The molecule has 0 bridgehead atoms. The van der Waals surface area contributed by atoms with Gasteiger partial charge in [-0.2, -0.15) is 0 Å². The van der Waals surface area contributed by atoms with Crippen LogP contribution in [0.2, 0.25) is 0 Å². The summed E-state index contributed by atoms with van der Waals surface area (Å²) in [6, 6.07) is 7.61. The first kappa shape index (κ1) is 23.5. The molecule has 1 fully saturated rings. The zero-order valence-electron chi connectivity index (χ0n) is 19.2. The van der Waals surface area contributed by atoms with E-state index in [1.807, 2.05) is 52.3 Å². The van der Waals surface area contributed by atoms with Crippen LogP contribution in [0.4, 0.5) is 0 Å². The topological polar surface area (TPSA) is 91.0 Å². The first-order chi connectivity index (χ1) is 15.5. The summed E-state index contributed by atoms with van der Waals surface area (Å²) in [6.07, 6.45) is 6.56. The van der Waals surface area contributed by atoms with Crippen LogP contribution in [0.1, 0.15) is 46.2 Å². The summed E-state index contributed by atoms with van der Waals surface area (Å²) >= 11 is 0. The Morgan fingerprint density at radius 2 is 2.03 bits per heavy atom. The van der Waals surface area contributed by atoms with Crippen molar-refractivity contribution in [3.8, 4) is 0 Å². The van der Waals surface area contributed by atoms with Gasteiger partial charge in [0.15, 0.2) is 6.29 Å². The van der Waals surface area contributed by atoms with Crippen LogP contribution >= 0.6 is 0 Å². The monoisotopic (exact) mass is 433 g/mol. The molecule has 168 valence electrons. The maximum atomic E-state index is 12.1. The lowest BCUT2D eigenvalue weighted by Gasteiger charge is -2.14. The van der Waals surface area contributed by atoms with Crippen molar-refractivity contribution >= 4 is 23.4 Å². The molecule has 0 spiro atoms. The van der Waals surface area contributed by atoms with Gasteiger partial charge < -0.3 is 10.3 Å². The quantitative estimate of drug-likeness (QED) is 0.601. The van der Waals surface area contributed by atoms with Crippen LogP contribution in [0.25, 0.3) is 17.1 Å². The molecule has 32 heavy (non-hydrogen) atoms. The third kappa shape index (κ3) is 5.75. The Kier molecular flexibility index (Phi) is 8.03. The van der Waals surface area contributed by atoms with E-state index in [0.29, 0.717) is 12.1 Å². The maximum Gasteiger partial charge on any atom is 0.251 e. The lowest BCUT2D eigenvalue weighted by atomic mass is 10.1. The molecule has 3 aromatic heterocycles. The number of nitrogens with one attached hydrogen (secondary N) is 2. The van der Waals surface area contributed by atoms with Crippen LogP contribution in [-0.2, 0) is 13.0 Å². The van der Waals surface area contributed by atoms with E-state index in [0.717, 1.165) is 65.8 Å². The van der Waals surface area contributed by atoms with E-state index in [9.17, 15) is 9.59 Å². The number of aromatic amines is 1. The minimum atomic E-state index is -0.0325. The fraction of sp³-hybridized carbons (Fsp3) is 0.360. The molecule has 1 aliphatic rings. The third-order valence-corrected chi connectivity index (χ3v) is 5.42. The fourth-order valence-corrected chi connectivity index (χ4v) is 3.80. The van der Waals surface area contributed by atoms with Crippen molar-refractivity contribution in [2.75, 3.05) is 27.2 Å². The second-order valence-corrected chi connectivity index (χ2v) is 8.05. The van der Waals surface area contributed by atoms with Gasteiger partial charge in [0, 0.05) is 37.1 Å². The molecule has 0 amide bonds. The predicted octanol–water partition coefficient (Wildman–Crippen LogP) is 3.13. The molecule has 0 unspecified atom stereocenters. The van der Waals surface area contributed by atoms with Crippen LogP contribution in [-0.4, -0.2) is 53.3 Å². The van der Waals surface area contributed by atoms with E-state index in [4.69, 9.17) is 0 Å². The normalized spacial score (nSPS) is 15.1. The van der Waals surface area contributed by atoms with Gasteiger partial charge in [0.2, 0.25) is 0 Å². The number of hydrogen-bond donors (Lipinski definition) is 2. The Balaban J connectivity index is 0.000000913. The molecule has 0 radical (unpaired) electrons. The molecule has 0 aromatic carbocycles. The van der Waals surface area contributed by atoms with Gasteiger partial charge in [-0.3, -0.25) is 19.5 Å². The zero-order valence-corrected chi connectivity index (χ0v) is 19.2.